The third kappa shape index (κ3) is 4.47. The highest BCUT2D eigenvalue weighted by atomic mass is 19.4. The summed E-state index contributed by atoms with van der Waals surface area (Å²) in [5.41, 5.74) is -0.921. The van der Waals surface area contributed by atoms with Crippen LogP contribution in [0, 0.1) is 5.92 Å². The zero-order chi connectivity index (χ0) is 16.2. The molecule has 1 N–H and O–H groups in total. The molecule has 7 heteroatoms. The lowest BCUT2D eigenvalue weighted by Crippen LogP contribution is -2.51. The Hall–Kier alpha value is -2.05. The molecule has 0 aliphatic heterocycles. The molecular weight excluding hydrogens is 287 g/mol. The van der Waals surface area contributed by atoms with Crippen LogP contribution < -0.4 is 10.4 Å². The quantitative estimate of drug-likeness (QED) is 0.898. The average molecular weight is 302 g/mol. The summed E-state index contributed by atoms with van der Waals surface area (Å²) in [5.74, 6) is -2.53. The first-order valence-corrected chi connectivity index (χ1v) is 6.35. The Labute approximate surface area is 120 Å². The number of carboxylic acids is 1. The van der Waals surface area contributed by atoms with E-state index in [0.29, 0.717) is 6.42 Å². The Balaban J connectivity index is 2.86. The molecular formula is C14H15F3NO3-. The van der Waals surface area contributed by atoms with E-state index >= 15 is 0 Å². The van der Waals surface area contributed by atoms with Gasteiger partial charge in [-0.2, -0.15) is 13.2 Å². The second kappa shape index (κ2) is 6.60. The van der Waals surface area contributed by atoms with Crippen molar-refractivity contribution in [2.24, 2.45) is 5.92 Å². The first-order chi connectivity index (χ1) is 9.66. The summed E-state index contributed by atoms with van der Waals surface area (Å²) < 4.78 is 37.2. The monoisotopic (exact) mass is 302 g/mol. The molecule has 1 aromatic rings. The summed E-state index contributed by atoms with van der Waals surface area (Å²) in [6.45, 7) is 3.39. The number of alkyl halides is 3. The van der Waals surface area contributed by atoms with Gasteiger partial charge in [-0.3, -0.25) is 4.79 Å². The van der Waals surface area contributed by atoms with Gasteiger partial charge < -0.3 is 15.2 Å². The number of aliphatic carboxylic acids is 1. The molecule has 1 amide bonds. The number of halogens is 3. The zero-order valence-electron chi connectivity index (χ0n) is 11.5. The lowest BCUT2D eigenvalue weighted by atomic mass is 9.99. The molecule has 0 aliphatic rings. The van der Waals surface area contributed by atoms with Crippen LogP contribution in [0.3, 0.4) is 0 Å². The fourth-order valence-corrected chi connectivity index (χ4v) is 1.70. The number of hydrogen-bond acceptors (Lipinski definition) is 3. The van der Waals surface area contributed by atoms with Crippen molar-refractivity contribution in [2.75, 3.05) is 0 Å². The van der Waals surface area contributed by atoms with E-state index in [-0.39, 0.29) is 11.5 Å². The molecule has 21 heavy (non-hydrogen) atoms. The van der Waals surface area contributed by atoms with Crippen LogP contribution in [0.5, 0.6) is 0 Å². The van der Waals surface area contributed by atoms with Gasteiger partial charge in [0.15, 0.2) is 0 Å². The van der Waals surface area contributed by atoms with Crippen LogP contribution in [0.2, 0.25) is 0 Å². The molecule has 116 valence electrons. The van der Waals surface area contributed by atoms with Crippen molar-refractivity contribution in [3.05, 3.63) is 35.4 Å². The van der Waals surface area contributed by atoms with E-state index in [1.165, 1.54) is 0 Å². The highest BCUT2D eigenvalue weighted by Crippen LogP contribution is 2.29. The third-order valence-corrected chi connectivity index (χ3v) is 3.23. The molecule has 0 aliphatic carbocycles. The minimum absolute atomic E-state index is 0.0439. The predicted octanol–water partition coefficient (Wildman–Crippen LogP) is 1.60. The highest BCUT2D eigenvalue weighted by molar-refractivity contribution is 5.96. The van der Waals surface area contributed by atoms with E-state index in [2.05, 4.69) is 5.32 Å². The molecule has 0 radical (unpaired) electrons. The maximum absolute atomic E-state index is 12.4. The van der Waals surface area contributed by atoms with Gasteiger partial charge >= 0.3 is 6.18 Å². The summed E-state index contributed by atoms with van der Waals surface area (Å²) >= 11 is 0. The Bertz CT molecular complexity index is 511. The van der Waals surface area contributed by atoms with Gasteiger partial charge in [-0.05, 0) is 30.2 Å². The second-order valence-electron chi connectivity index (χ2n) is 4.73. The number of hydrogen-bond donors (Lipinski definition) is 1. The Kier molecular flexibility index (Phi) is 5.34. The minimum Gasteiger partial charge on any atom is -0.548 e. The van der Waals surface area contributed by atoms with E-state index in [1.54, 1.807) is 13.8 Å². The standard InChI is InChI=1S/C14H16F3NO3/c1-3-8(2)11(13(20)21)18-12(19)9-4-6-10(7-5-9)14(15,16)17/h4-8,11H,3H2,1-2H3,(H,18,19)(H,20,21)/p-1/t8-,11-/m1/s1. The van der Waals surface area contributed by atoms with Gasteiger partial charge in [0.25, 0.3) is 5.91 Å². The van der Waals surface area contributed by atoms with Crippen molar-refractivity contribution in [1.29, 1.82) is 0 Å². The molecule has 0 fully saturated rings. The Morgan fingerprint density at radius 2 is 1.76 bits per heavy atom. The number of benzene rings is 1. The summed E-state index contributed by atoms with van der Waals surface area (Å²) in [4.78, 5) is 22.8. The van der Waals surface area contributed by atoms with Gasteiger partial charge in [0.05, 0.1) is 17.6 Å². The van der Waals surface area contributed by atoms with Crippen molar-refractivity contribution >= 4 is 11.9 Å². The third-order valence-electron chi connectivity index (χ3n) is 3.23. The van der Waals surface area contributed by atoms with Crippen molar-refractivity contribution < 1.29 is 27.9 Å². The Morgan fingerprint density at radius 1 is 1.24 bits per heavy atom. The van der Waals surface area contributed by atoms with Gasteiger partial charge in [-0.25, -0.2) is 0 Å². The first kappa shape index (κ1) is 17.0. The van der Waals surface area contributed by atoms with Crippen molar-refractivity contribution in [2.45, 2.75) is 32.5 Å². The van der Waals surface area contributed by atoms with Crippen LogP contribution in [-0.4, -0.2) is 17.9 Å². The normalized spacial score (nSPS) is 14.3. The van der Waals surface area contributed by atoms with Gasteiger partial charge in [0.1, 0.15) is 0 Å². The van der Waals surface area contributed by atoms with Gasteiger partial charge in [0, 0.05) is 5.56 Å². The average Bonchev–Trinajstić information content (AvgIpc) is 2.42. The number of carbonyl (C=O) groups excluding carboxylic acids is 2. The lowest BCUT2D eigenvalue weighted by Gasteiger charge is -2.25. The van der Waals surface area contributed by atoms with E-state index in [1.807, 2.05) is 0 Å². The summed E-state index contributed by atoms with van der Waals surface area (Å²) in [5, 5.41) is 13.2. The van der Waals surface area contributed by atoms with Crippen LogP contribution >= 0.6 is 0 Å². The summed E-state index contributed by atoms with van der Waals surface area (Å²) in [6, 6.07) is 2.35. The molecule has 0 unspecified atom stereocenters. The smallest absolute Gasteiger partial charge is 0.416 e. The molecule has 0 bridgehead atoms. The fraction of sp³-hybridized carbons (Fsp3) is 0.429. The molecule has 0 aromatic heterocycles. The van der Waals surface area contributed by atoms with Gasteiger partial charge in [0.2, 0.25) is 0 Å². The summed E-state index contributed by atoms with van der Waals surface area (Å²) in [6.07, 6.45) is -3.98. The largest absolute Gasteiger partial charge is 0.548 e. The Morgan fingerprint density at radius 3 is 2.14 bits per heavy atom. The van der Waals surface area contributed by atoms with Crippen LogP contribution in [-0.2, 0) is 11.0 Å². The van der Waals surface area contributed by atoms with Gasteiger partial charge in [-0.1, -0.05) is 20.3 Å². The molecule has 1 rings (SSSR count). The van der Waals surface area contributed by atoms with Crippen LogP contribution in [0.15, 0.2) is 24.3 Å². The molecule has 0 saturated carbocycles. The van der Waals surface area contributed by atoms with E-state index in [9.17, 15) is 27.9 Å². The fourth-order valence-electron chi connectivity index (χ4n) is 1.70. The minimum atomic E-state index is -4.49. The first-order valence-electron chi connectivity index (χ1n) is 6.35. The molecule has 2 atom stereocenters. The number of carboxylic acid groups (broad SMARTS) is 1. The second-order valence-corrected chi connectivity index (χ2v) is 4.73. The van der Waals surface area contributed by atoms with E-state index in [4.69, 9.17) is 0 Å². The lowest BCUT2D eigenvalue weighted by molar-refractivity contribution is -0.309. The maximum atomic E-state index is 12.4. The maximum Gasteiger partial charge on any atom is 0.416 e. The van der Waals surface area contributed by atoms with E-state index < -0.39 is 29.7 Å². The zero-order valence-corrected chi connectivity index (χ0v) is 11.5. The van der Waals surface area contributed by atoms with Crippen molar-refractivity contribution in [3.63, 3.8) is 0 Å². The van der Waals surface area contributed by atoms with Crippen LogP contribution in [0.25, 0.3) is 0 Å². The number of nitrogens with one attached hydrogen (secondary N) is 1. The highest BCUT2D eigenvalue weighted by Gasteiger charge is 2.30. The topological polar surface area (TPSA) is 69.2 Å². The van der Waals surface area contributed by atoms with Crippen LogP contribution in [0.1, 0.15) is 36.2 Å². The molecule has 4 nitrogen and oxygen atoms in total. The van der Waals surface area contributed by atoms with Crippen molar-refractivity contribution in [3.8, 4) is 0 Å². The SMILES string of the molecule is CC[C@@H](C)[C@@H](NC(=O)c1ccc(C(F)(F)F)cc1)C(=O)[O-]. The number of amides is 1. The summed E-state index contributed by atoms with van der Waals surface area (Å²) in [7, 11) is 0. The van der Waals surface area contributed by atoms with Crippen LogP contribution in [0.4, 0.5) is 13.2 Å². The molecule has 0 heterocycles. The molecule has 1 aromatic carbocycles. The molecule has 0 spiro atoms. The van der Waals surface area contributed by atoms with Crippen molar-refractivity contribution in [1.82, 2.24) is 5.32 Å². The number of carbonyl (C=O) groups is 2. The van der Waals surface area contributed by atoms with E-state index in [0.717, 1.165) is 24.3 Å². The number of rotatable bonds is 5. The predicted molar refractivity (Wildman–Crippen MR) is 67.2 cm³/mol. The molecule has 0 saturated heterocycles. The van der Waals surface area contributed by atoms with Gasteiger partial charge in [-0.15, -0.1) is 0 Å².